The summed E-state index contributed by atoms with van der Waals surface area (Å²) in [4.78, 5) is 66.9. The molecule has 0 bridgehead atoms. The summed E-state index contributed by atoms with van der Waals surface area (Å²) in [5, 5.41) is 17.4. The predicted molar refractivity (Wildman–Crippen MR) is 244 cm³/mol. The maximum Gasteiger partial charge on any atom is 0.412 e. The number of imidazole rings is 1. The highest BCUT2D eigenvalue weighted by Crippen LogP contribution is 2.34. The van der Waals surface area contributed by atoms with Gasteiger partial charge in [0.2, 0.25) is 17.8 Å². The van der Waals surface area contributed by atoms with Crippen LogP contribution >= 0.6 is 0 Å². The number of rotatable bonds is 22. The number of carbonyl (C=O) groups excluding carboxylic acids is 5. The average Bonchev–Trinajstić information content (AvgIpc) is 3.95. The Hall–Kier alpha value is -7.84. The predicted octanol–water partition coefficient (Wildman–Crippen LogP) is 5.16. The van der Waals surface area contributed by atoms with Gasteiger partial charge < -0.3 is 46.0 Å². The van der Waals surface area contributed by atoms with Gasteiger partial charge in [-0.3, -0.25) is 39.2 Å². The summed E-state index contributed by atoms with van der Waals surface area (Å²) in [6.45, 7) is 12.4. The van der Waals surface area contributed by atoms with Crippen molar-refractivity contribution >= 4 is 63.8 Å². The Balaban J connectivity index is 1.33. The lowest BCUT2D eigenvalue weighted by Gasteiger charge is -2.19. The molecule has 2 aromatic carbocycles. The molecule has 21 heteroatoms. The number of aromatic nitrogens is 6. The van der Waals surface area contributed by atoms with Crippen molar-refractivity contribution in [1.82, 2.24) is 29.1 Å². The summed E-state index contributed by atoms with van der Waals surface area (Å²) < 4.78 is 27.4. The van der Waals surface area contributed by atoms with Crippen molar-refractivity contribution < 1.29 is 42.9 Å². The number of nitrogens with one attached hydrogen (secondary N) is 3. The number of ether oxygens (including phenoxy) is 4. The van der Waals surface area contributed by atoms with Crippen LogP contribution in [0.1, 0.15) is 84.4 Å². The molecule has 0 radical (unpaired) electrons. The molecular weight excluding hydrogens is 841 g/mol. The quantitative estimate of drug-likeness (QED) is 0.0226. The number of anilines is 4. The molecule has 0 fully saturated rings. The number of esters is 1. The van der Waals surface area contributed by atoms with Crippen molar-refractivity contribution in [2.45, 2.75) is 79.6 Å². The molecule has 4 amide bonds. The monoisotopic (exact) mass is 896 g/mol. The fourth-order valence-electron chi connectivity index (χ4n) is 6.37. The summed E-state index contributed by atoms with van der Waals surface area (Å²) in [7, 11) is 0. The average molecular weight is 897 g/mol. The third-order valence-electron chi connectivity index (χ3n) is 9.18. The van der Waals surface area contributed by atoms with Crippen LogP contribution in [0.25, 0.3) is 11.0 Å². The molecule has 0 saturated carbocycles. The van der Waals surface area contributed by atoms with Crippen LogP contribution in [0.4, 0.5) is 27.8 Å². The highest BCUT2D eigenvalue weighted by atomic mass is 16.6. The number of fused-ring (bicyclic) bond motifs is 1. The maximum atomic E-state index is 13.7. The lowest BCUT2D eigenvalue weighted by Crippen LogP contribution is -2.27. The highest BCUT2D eigenvalue weighted by molar-refractivity contribution is 6.04. The summed E-state index contributed by atoms with van der Waals surface area (Å²) >= 11 is 0. The SMILES string of the molecule is CCOC(=O)CCCOc1cc(C(N)=O)cc2nc(NC(=O)c3cc(C)nn3CC)n(C/C=C/CNc3c(N)cc(C(N)=O)cc3OC/C=C/Cn3cc(NC(=O)OC(C)(C)C)cn3)c12. The molecule has 0 spiro atoms. The van der Waals surface area contributed by atoms with Crippen molar-refractivity contribution in [3.05, 3.63) is 89.5 Å². The lowest BCUT2D eigenvalue weighted by molar-refractivity contribution is -0.143. The van der Waals surface area contributed by atoms with Crippen LogP contribution in [-0.4, -0.2) is 90.9 Å². The molecule has 0 unspecified atom stereocenters. The molecule has 65 heavy (non-hydrogen) atoms. The number of primary amides is 2. The van der Waals surface area contributed by atoms with Crippen molar-refractivity contribution in [3.8, 4) is 11.5 Å². The first-order valence-electron chi connectivity index (χ1n) is 20.9. The van der Waals surface area contributed by atoms with Gasteiger partial charge >= 0.3 is 12.1 Å². The smallest absolute Gasteiger partial charge is 0.412 e. The van der Waals surface area contributed by atoms with Gasteiger partial charge in [-0.25, -0.2) is 9.78 Å². The zero-order chi connectivity index (χ0) is 47.3. The minimum Gasteiger partial charge on any atom is -0.491 e. The molecule has 9 N–H and O–H groups in total. The normalized spacial score (nSPS) is 11.5. The fraction of sp³-hybridized carbons (Fsp3) is 0.364. The van der Waals surface area contributed by atoms with E-state index in [9.17, 15) is 24.0 Å². The van der Waals surface area contributed by atoms with Gasteiger partial charge in [-0.05, 0) is 84.4 Å². The zero-order valence-electron chi connectivity index (χ0n) is 37.3. The molecule has 3 aromatic heterocycles. The fourth-order valence-corrected chi connectivity index (χ4v) is 6.37. The van der Waals surface area contributed by atoms with E-state index in [4.69, 9.17) is 36.1 Å². The lowest BCUT2D eigenvalue weighted by atomic mass is 10.1. The second kappa shape index (κ2) is 22.0. The number of benzene rings is 2. The molecule has 0 aliphatic carbocycles. The van der Waals surface area contributed by atoms with Crippen molar-refractivity contribution in [2.75, 3.05) is 48.0 Å². The number of amides is 4. The molecule has 0 saturated heterocycles. The van der Waals surface area contributed by atoms with Crippen molar-refractivity contribution in [3.63, 3.8) is 0 Å². The Bertz CT molecular complexity index is 2580. The Labute approximate surface area is 375 Å². The Morgan fingerprint density at radius 2 is 1.60 bits per heavy atom. The Morgan fingerprint density at radius 3 is 2.31 bits per heavy atom. The summed E-state index contributed by atoms with van der Waals surface area (Å²) in [6, 6.07) is 7.62. The Kier molecular flexibility index (Phi) is 16.3. The third-order valence-corrected chi connectivity index (χ3v) is 9.18. The number of carbonyl (C=O) groups is 5. The van der Waals surface area contributed by atoms with Gasteiger partial charge in [-0.1, -0.05) is 18.2 Å². The number of nitrogens with two attached hydrogens (primary N) is 3. The van der Waals surface area contributed by atoms with Gasteiger partial charge in [-0.15, -0.1) is 0 Å². The van der Waals surface area contributed by atoms with Crippen LogP contribution in [0.5, 0.6) is 11.5 Å². The molecule has 3 heterocycles. The van der Waals surface area contributed by atoms with Gasteiger partial charge in [-0.2, -0.15) is 10.2 Å². The minimum atomic E-state index is -0.710. The molecule has 346 valence electrons. The largest absolute Gasteiger partial charge is 0.491 e. The van der Waals surface area contributed by atoms with Crippen molar-refractivity contribution in [2.24, 2.45) is 11.5 Å². The first-order chi connectivity index (χ1) is 31.0. The standard InChI is InChI=1S/C44H56N12O9/c1-7-56-33(20-27(3)53-56)41(60)52-42-51-32-22-29(40(47)59)24-35(64-19-13-14-36(57)62-8-2)38(32)55(42)17-10-9-15-48-37-31(45)21-28(39(46)58)23-34(37)63-18-12-11-16-54-26-30(25-49-54)50-43(61)65-44(4,5)6/h9-12,20-26,48H,7-8,13-19,45H2,1-6H3,(H2,46,58)(H2,47,59)(H,50,61)(H,51,52,60)/b10-9+,12-11+. The molecule has 0 aliphatic heterocycles. The molecule has 5 aromatic rings. The molecule has 21 nitrogen and oxygen atoms in total. The van der Waals surface area contributed by atoms with E-state index in [-0.39, 0.29) is 79.6 Å². The van der Waals surface area contributed by atoms with E-state index in [0.717, 1.165) is 0 Å². The topological polar surface area (TPSA) is 290 Å². The van der Waals surface area contributed by atoms with E-state index in [1.54, 1.807) is 66.9 Å². The number of allylic oxidation sites excluding steroid dienone is 2. The minimum absolute atomic E-state index is 0.0992. The molecule has 0 atom stereocenters. The highest BCUT2D eigenvalue weighted by Gasteiger charge is 2.22. The number of nitrogen functional groups attached to an aromatic ring is 1. The van der Waals surface area contributed by atoms with Crippen molar-refractivity contribution in [1.29, 1.82) is 0 Å². The van der Waals surface area contributed by atoms with Crippen LogP contribution in [0.2, 0.25) is 0 Å². The molecular formula is C44H56N12O9. The van der Waals surface area contributed by atoms with Gasteiger partial charge in [0.25, 0.3) is 5.91 Å². The van der Waals surface area contributed by atoms with Gasteiger partial charge in [0, 0.05) is 43.4 Å². The number of hydrogen-bond acceptors (Lipinski definition) is 14. The van der Waals surface area contributed by atoms with Crippen LogP contribution in [0.15, 0.2) is 67.0 Å². The van der Waals surface area contributed by atoms with E-state index in [2.05, 4.69) is 31.1 Å². The summed E-state index contributed by atoms with van der Waals surface area (Å²) in [5.41, 5.74) is 20.2. The van der Waals surface area contributed by atoms with Crippen LogP contribution in [0.3, 0.4) is 0 Å². The number of aryl methyl sites for hydroxylation is 2. The Morgan fingerprint density at radius 1 is 0.877 bits per heavy atom. The first-order valence-corrected chi connectivity index (χ1v) is 20.9. The number of nitrogens with zero attached hydrogens (tertiary/aromatic N) is 6. The second-order valence-electron chi connectivity index (χ2n) is 15.5. The third kappa shape index (κ3) is 13.6. The van der Waals surface area contributed by atoms with Crippen LogP contribution in [-0.2, 0) is 33.9 Å². The van der Waals surface area contributed by atoms with E-state index < -0.39 is 29.4 Å². The van der Waals surface area contributed by atoms with Crippen LogP contribution < -0.4 is 42.6 Å². The van der Waals surface area contributed by atoms with Crippen LogP contribution in [0, 0.1) is 6.92 Å². The van der Waals surface area contributed by atoms with E-state index in [1.807, 2.05) is 25.2 Å². The first kappa shape index (κ1) is 48.2. The van der Waals surface area contributed by atoms with Gasteiger partial charge in [0.05, 0.1) is 48.5 Å². The van der Waals surface area contributed by atoms with E-state index in [0.29, 0.717) is 53.3 Å². The van der Waals surface area contributed by atoms with E-state index >= 15 is 0 Å². The van der Waals surface area contributed by atoms with E-state index in [1.165, 1.54) is 30.5 Å². The van der Waals surface area contributed by atoms with Gasteiger partial charge in [0.15, 0.2) is 0 Å². The number of hydrogen-bond donors (Lipinski definition) is 6. The second-order valence-corrected chi connectivity index (χ2v) is 15.5. The maximum absolute atomic E-state index is 13.7. The molecule has 0 aliphatic rings. The van der Waals surface area contributed by atoms with Gasteiger partial charge in [0.1, 0.15) is 40.6 Å². The molecule has 5 rings (SSSR count). The summed E-state index contributed by atoms with van der Waals surface area (Å²) in [5.74, 6) is -1.52. The zero-order valence-corrected chi connectivity index (χ0v) is 37.3. The summed E-state index contributed by atoms with van der Waals surface area (Å²) in [6.07, 6.45) is 10.2.